The van der Waals surface area contributed by atoms with Crippen LogP contribution in [0.5, 0.6) is 5.75 Å². The predicted molar refractivity (Wildman–Crippen MR) is 96.5 cm³/mol. The number of aliphatic hydroxyl groups excluding tert-OH is 1. The van der Waals surface area contributed by atoms with Crippen molar-refractivity contribution < 1.29 is 19.1 Å². The van der Waals surface area contributed by atoms with E-state index in [0.717, 1.165) is 5.76 Å². The van der Waals surface area contributed by atoms with Gasteiger partial charge >= 0.3 is 0 Å². The number of anilines is 1. The number of furan rings is 1. The van der Waals surface area contributed by atoms with Crippen molar-refractivity contribution in [1.29, 1.82) is 0 Å². The van der Waals surface area contributed by atoms with E-state index in [1.807, 2.05) is 12.1 Å². The summed E-state index contributed by atoms with van der Waals surface area (Å²) in [5, 5.41) is 13.0. The molecule has 0 bridgehead atoms. The zero-order valence-electron chi connectivity index (χ0n) is 14.9. The monoisotopic (exact) mass is 346 g/mol. The maximum atomic E-state index is 11.0. The van der Waals surface area contributed by atoms with Crippen LogP contribution in [0.4, 0.5) is 5.69 Å². The average molecular weight is 346 g/mol. The van der Waals surface area contributed by atoms with E-state index < -0.39 is 6.10 Å². The van der Waals surface area contributed by atoms with Gasteiger partial charge in [0.05, 0.1) is 12.8 Å². The van der Waals surface area contributed by atoms with Gasteiger partial charge < -0.3 is 19.6 Å². The molecule has 136 valence electrons. The molecule has 2 N–H and O–H groups in total. The van der Waals surface area contributed by atoms with E-state index in [1.165, 1.54) is 6.92 Å². The molecule has 0 saturated carbocycles. The van der Waals surface area contributed by atoms with Crippen LogP contribution in [0, 0.1) is 0 Å². The number of nitrogens with zero attached hydrogens (tertiary/aromatic N) is 1. The first-order chi connectivity index (χ1) is 11.9. The number of ether oxygens (including phenoxy) is 1. The van der Waals surface area contributed by atoms with E-state index >= 15 is 0 Å². The third-order valence-electron chi connectivity index (χ3n) is 3.73. The lowest BCUT2D eigenvalue weighted by Gasteiger charge is -2.27. The summed E-state index contributed by atoms with van der Waals surface area (Å²) in [6, 6.07) is 11.1. The highest BCUT2D eigenvalue weighted by atomic mass is 16.5. The fourth-order valence-electron chi connectivity index (χ4n) is 2.41. The number of nitrogens with one attached hydrogen (secondary N) is 1. The minimum Gasteiger partial charge on any atom is -0.491 e. The molecule has 2 aromatic rings. The van der Waals surface area contributed by atoms with Gasteiger partial charge in [0, 0.05) is 25.2 Å². The number of hydrogen-bond acceptors (Lipinski definition) is 5. The molecule has 0 spiro atoms. The Morgan fingerprint density at radius 1 is 1.28 bits per heavy atom. The first-order valence-corrected chi connectivity index (χ1v) is 8.39. The molecule has 2 rings (SSSR count). The molecule has 0 aliphatic carbocycles. The topological polar surface area (TPSA) is 74.9 Å². The third kappa shape index (κ3) is 6.60. The minimum atomic E-state index is -0.618. The Bertz CT molecular complexity index is 638. The van der Waals surface area contributed by atoms with Crippen molar-refractivity contribution in [3.8, 4) is 5.75 Å². The lowest BCUT2D eigenvalue weighted by Crippen LogP contribution is -2.39. The van der Waals surface area contributed by atoms with Crippen molar-refractivity contribution >= 4 is 11.6 Å². The fraction of sp³-hybridized carbons (Fsp3) is 0.421. The molecule has 0 radical (unpaired) electrons. The summed E-state index contributed by atoms with van der Waals surface area (Å²) in [6.07, 6.45) is 1.03. The van der Waals surface area contributed by atoms with Gasteiger partial charge in [-0.15, -0.1) is 0 Å². The van der Waals surface area contributed by atoms with E-state index in [-0.39, 0.29) is 18.6 Å². The van der Waals surface area contributed by atoms with Crippen LogP contribution in [0.3, 0.4) is 0 Å². The van der Waals surface area contributed by atoms with Crippen molar-refractivity contribution in [2.45, 2.75) is 39.5 Å². The first kappa shape index (κ1) is 19.0. The van der Waals surface area contributed by atoms with Crippen LogP contribution in [0.25, 0.3) is 0 Å². The molecule has 0 fully saturated rings. The molecular formula is C19H26N2O4. The van der Waals surface area contributed by atoms with Gasteiger partial charge in [-0.25, -0.2) is 0 Å². The minimum absolute atomic E-state index is 0.116. The second-order valence-electron chi connectivity index (χ2n) is 6.27. The Kier molecular flexibility index (Phi) is 7.03. The Balaban J connectivity index is 1.81. The van der Waals surface area contributed by atoms with Gasteiger partial charge in [-0.2, -0.15) is 0 Å². The largest absolute Gasteiger partial charge is 0.491 e. The Morgan fingerprint density at radius 3 is 2.56 bits per heavy atom. The first-order valence-electron chi connectivity index (χ1n) is 8.39. The second kappa shape index (κ2) is 9.25. The molecule has 1 unspecified atom stereocenters. The number of aliphatic hydroxyl groups is 1. The molecule has 6 nitrogen and oxygen atoms in total. The lowest BCUT2D eigenvalue weighted by atomic mass is 10.2. The van der Waals surface area contributed by atoms with Crippen LogP contribution in [-0.4, -0.2) is 41.2 Å². The number of carbonyl (C=O) groups excluding carboxylic acids is 1. The molecule has 1 aromatic heterocycles. The summed E-state index contributed by atoms with van der Waals surface area (Å²) in [6.45, 7) is 6.95. The summed E-state index contributed by atoms with van der Waals surface area (Å²) in [5.41, 5.74) is 0.713. The number of hydrogen-bond donors (Lipinski definition) is 2. The normalized spacial score (nSPS) is 12.4. The van der Waals surface area contributed by atoms with E-state index in [2.05, 4.69) is 24.1 Å². The van der Waals surface area contributed by atoms with Gasteiger partial charge in [0.1, 0.15) is 24.2 Å². The highest BCUT2D eigenvalue weighted by Crippen LogP contribution is 2.16. The summed E-state index contributed by atoms with van der Waals surface area (Å²) >= 11 is 0. The predicted octanol–water partition coefficient (Wildman–Crippen LogP) is 2.89. The lowest BCUT2D eigenvalue weighted by molar-refractivity contribution is -0.114. The molecular weight excluding hydrogens is 320 g/mol. The van der Waals surface area contributed by atoms with Gasteiger partial charge in [0.15, 0.2) is 0 Å². The fourth-order valence-corrected chi connectivity index (χ4v) is 2.41. The molecule has 1 atom stereocenters. The molecule has 1 amide bonds. The molecule has 1 aromatic carbocycles. The van der Waals surface area contributed by atoms with Crippen LogP contribution in [0.1, 0.15) is 26.5 Å². The number of carbonyl (C=O) groups is 1. The summed E-state index contributed by atoms with van der Waals surface area (Å²) < 4.78 is 11.0. The quantitative estimate of drug-likeness (QED) is 0.730. The highest BCUT2D eigenvalue weighted by molar-refractivity contribution is 5.88. The average Bonchev–Trinajstić information content (AvgIpc) is 3.06. The van der Waals surface area contributed by atoms with Crippen molar-refractivity contribution in [3.63, 3.8) is 0 Å². The molecule has 0 aliphatic heterocycles. The standard InChI is InChI=1S/C19H26N2O4/c1-14(2)21(12-19-5-4-10-24-19)11-17(23)13-25-18-8-6-16(7-9-18)20-15(3)22/h4-10,14,17,23H,11-13H2,1-3H3,(H,20,22). The number of amides is 1. The SMILES string of the molecule is CC(=O)Nc1ccc(OCC(O)CN(Cc2ccco2)C(C)C)cc1. The van der Waals surface area contributed by atoms with Crippen LogP contribution in [0.2, 0.25) is 0 Å². The summed E-state index contributed by atoms with van der Waals surface area (Å²) in [5.74, 6) is 1.40. The highest BCUT2D eigenvalue weighted by Gasteiger charge is 2.17. The molecule has 25 heavy (non-hydrogen) atoms. The van der Waals surface area contributed by atoms with Crippen LogP contribution in [-0.2, 0) is 11.3 Å². The molecule has 0 aliphatic rings. The number of rotatable bonds is 9. The van der Waals surface area contributed by atoms with Crippen molar-refractivity contribution in [3.05, 3.63) is 48.4 Å². The van der Waals surface area contributed by atoms with Crippen molar-refractivity contribution in [2.75, 3.05) is 18.5 Å². The molecule has 0 saturated heterocycles. The molecule has 1 heterocycles. The van der Waals surface area contributed by atoms with E-state index in [1.54, 1.807) is 30.5 Å². The second-order valence-corrected chi connectivity index (χ2v) is 6.27. The van der Waals surface area contributed by atoms with Crippen LogP contribution in [0.15, 0.2) is 47.1 Å². The maximum Gasteiger partial charge on any atom is 0.221 e. The Hall–Kier alpha value is -2.31. The third-order valence-corrected chi connectivity index (χ3v) is 3.73. The summed E-state index contributed by atoms with van der Waals surface area (Å²) in [4.78, 5) is 13.1. The maximum absolute atomic E-state index is 11.0. The Morgan fingerprint density at radius 2 is 2.00 bits per heavy atom. The van der Waals surface area contributed by atoms with Gasteiger partial charge in [-0.3, -0.25) is 9.69 Å². The number of benzene rings is 1. The molecule has 6 heteroatoms. The summed E-state index contributed by atoms with van der Waals surface area (Å²) in [7, 11) is 0. The zero-order chi connectivity index (χ0) is 18.2. The smallest absolute Gasteiger partial charge is 0.221 e. The van der Waals surface area contributed by atoms with Crippen molar-refractivity contribution in [1.82, 2.24) is 4.90 Å². The van der Waals surface area contributed by atoms with Crippen LogP contribution >= 0.6 is 0 Å². The zero-order valence-corrected chi connectivity index (χ0v) is 14.9. The van der Waals surface area contributed by atoms with Crippen molar-refractivity contribution in [2.24, 2.45) is 0 Å². The van der Waals surface area contributed by atoms with Gasteiger partial charge in [-0.1, -0.05) is 0 Å². The van der Waals surface area contributed by atoms with Gasteiger partial charge in [0.2, 0.25) is 5.91 Å². The Labute approximate surface area is 148 Å². The van der Waals surface area contributed by atoms with E-state index in [0.29, 0.717) is 24.5 Å². The van der Waals surface area contributed by atoms with Gasteiger partial charge in [0.25, 0.3) is 0 Å². The van der Waals surface area contributed by atoms with E-state index in [9.17, 15) is 9.90 Å². The van der Waals surface area contributed by atoms with E-state index in [4.69, 9.17) is 9.15 Å². The van der Waals surface area contributed by atoms with Crippen LogP contribution < -0.4 is 10.1 Å². The van der Waals surface area contributed by atoms with Gasteiger partial charge in [-0.05, 0) is 50.2 Å².